The zero-order valence-electron chi connectivity index (χ0n) is 11.1. The molecule has 19 heavy (non-hydrogen) atoms. The SMILES string of the molecule is CCC(CC)n1nc(-c2ccccc2)c(C=O)c1Cl. The maximum Gasteiger partial charge on any atom is 0.155 e. The van der Waals surface area contributed by atoms with E-state index in [0.717, 1.165) is 24.7 Å². The first-order valence-corrected chi connectivity index (χ1v) is 6.89. The molecule has 0 amide bonds. The predicted molar refractivity (Wildman–Crippen MR) is 77.7 cm³/mol. The molecule has 1 heterocycles. The Hall–Kier alpha value is -1.61. The molecule has 0 fully saturated rings. The fourth-order valence-electron chi connectivity index (χ4n) is 2.22. The molecule has 100 valence electrons. The Morgan fingerprint density at radius 2 is 1.89 bits per heavy atom. The van der Waals surface area contributed by atoms with Crippen LogP contribution in [0, 0.1) is 0 Å². The molecule has 4 heteroatoms. The number of aldehydes is 1. The molecule has 0 N–H and O–H groups in total. The molecule has 1 aromatic carbocycles. The lowest BCUT2D eigenvalue weighted by atomic mass is 10.1. The number of carbonyl (C=O) groups excluding carboxylic acids is 1. The molecule has 0 unspecified atom stereocenters. The van der Waals surface area contributed by atoms with Gasteiger partial charge < -0.3 is 0 Å². The van der Waals surface area contributed by atoms with E-state index in [2.05, 4.69) is 18.9 Å². The van der Waals surface area contributed by atoms with Crippen LogP contribution >= 0.6 is 11.6 Å². The molecule has 2 rings (SSSR count). The smallest absolute Gasteiger partial charge is 0.155 e. The zero-order valence-corrected chi connectivity index (χ0v) is 11.9. The number of carbonyl (C=O) groups is 1. The Morgan fingerprint density at radius 3 is 2.42 bits per heavy atom. The molecule has 3 nitrogen and oxygen atoms in total. The average molecular weight is 277 g/mol. The second kappa shape index (κ2) is 6.02. The molecule has 0 radical (unpaired) electrons. The molecular formula is C15H17ClN2O. The summed E-state index contributed by atoms with van der Waals surface area (Å²) in [5.74, 6) is 0. The van der Waals surface area contributed by atoms with E-state index < -0.39 is 0 Å². The molecule has 0 atom stereocenters. The van der Waals surface area contributed by atoms with Crippen molar-refractivity contribution in [2.24, 2.45) is 0 Å². The van der Waals surface area contributed by atoms with Gasteiger partial charge in [0, 0.05) is 5.56 Å². The third-order valence-electron chi connectivity index (χ3n) is 3.34. The predicted octanol–water partition coefficient (Wildman–Crippen LogP) is 4.38. The van der Waals surface area contributed by atoms with Gasteiger partial charge in [0.15, 0.2) is 6.29 Å². The van der Waals surface area contributed by atoms with Crippen LogP contribution in [0.2, 0.25) is 5.15 Å². The van der Waals surface area contributed by atoms with Crippen molar-refractivity contribution in [3.8, 4) is 11.3 Å². The molecule has 0 saturated heterocycles. The van der Waals surface area contributed by atoms with Gasteiger partial charge in [-0.05, 0) is 12.8 Å². The van der Waals surface area contributed by atoms with E-state index in [1.54, 1.807) is 4.68 Å². The number of hydrogen-bond donors (Lipinski definition) is 0. The van der Waals surface area contributed by atoms with Crippen molar-refractivity contribution in [3.63, 3.8) is 0 Å². The van der Waals surface area contributed by atoms with Gasteiger partial charge in [-0.3, -0.25) is 4.79 Å². The van der Waals surface area contributed by atoms with Gasteiger partial charge in [-0.25, -0.2) is 4.68 Å². The third kappa shape index (κ3) is 2.56. The first-order chi connectivity index (χ1) is 9.22. The number of nitrogens with zero attached hydrogens (tertiary/aromatic N) is 2. The Kier molecular flexibility index (Phi) is 4.38. The highest BCUT2D eigenvalue weighted by Gasteiger charge is 2.20. The Bertz CT molecular complexity index is 559. The Balaban J connectivity index is 2.57. The van der Waals surface area contributed by atoms with Gasteiger partial charge in [-0.15, -0.1) is 0 Å². The van der Waals surface area contributed by atoms with Crippen LogP contribution in [0.3, 0.4) is 0 Å². The van der Waals surface area contributed by atoms with Crippen molar-refractivity contribution >= 4 is 17.9 Å². The molecule has 0 aliphatic carbocycles. The minimum Gasteiger partial charge on any atom is -0.298 e. The number of rotatable bonds is 5. The summed E-state index contributed by atoms with van der Waals surface area (Å²) in [6, 6.07) is 9.88. The second-order valence-electron chi connectivity index (χ2n) is 4.45. The van der Waals surface area contributed by atoms with Crippen molar-refractivity contribution in [1.82, 2.24) is 9.78 Å². The summed E-state index contributed by atoms with van der Waals surface area (Å²) in [4.78, 5) is 11.3. The third-order valence-corrected chi connectivity index (χ3v) is 3.72. The fourth-order valence-corrected chi connectivity index (χ4v) is 2.53. The molecule has 0 spiro atoms. The maximum absolute atomic E-state index is 11.3. The minimum absolute atomic E-state index is 0.226. The van der Waals surface area contributed by atoms with E-state index in [1.807, 2.05) is 30.3 Å². The van der Waals surface area contributed by atoms with Gasteiger partial charge in [-0.2, -0.15) is 5.10 Å². The highest BCUT2D eigenvalue weighted by Crippen LogP contribution is 2.31. The normalized spacial score (nSPS) is 10.9. The van der Waals surface area contributed by atoms with Crippen LogP contribution in [0.5, 0.6) is 0 Å². The lowest BCUT2D eigenvalue weighted by Crippen LogP contribution is -2.08. The standard InChI is InChI=1S/C15H17ClN2O/c1-3-12(4-2)18-15(16)13(10-19)14(17-18)11-8-6-5-7-9-11/h5-10,12H,3-4H2,1-2H3. The molecular weight excluding hydrogens is 260 g/mol. The van der Waals surface area contributed by atoms with Crippen molar-refractivity contribution in [3.05, 3.63) is 41.0 Å². The van der Waals surface area contributed by atoms with E-state index in [1.165, 1.54) is 0 Å². The first-order valence-electron chi connectivity index (χ1n) is 6.51. The second-order valence-corrected chi connectivity index (χ2v) is 4.81. The van der Waals surface area contributed by atoms with Gasteiger partial charge in [0.05, 0.1) is 11.6 Å². The summed E-state index contributed by atoms with van der Waals surface area (Å²) in [5, 5.41) is 4.98. The average Bonchev–Trinajstić information content (AvgIpc) is 2.78. The summed E-state index contributed by atoms with van der Waals surface area (Å²) in [7, 11) is 0. The summed E-state index contributed by atoms with van der Waals surface area (Å²) < 4.78 is 1.77. The van der Waals surface area contributed by atoms with Crippen molar-refractivity contribution in [2.45, 2.75) is 32.7 Å². The number of halogens is 1. The summed E-state index contributed by atoms with van der Waals surface area (Å²) in [5.41, 5.74) is 2.04. The molecule has 0 aliphatic rings. The molecule has 0 saturated carbocycles. The maximum atomic E-state index is 11.3. The molecule has 0 bridgehead atoms. The van der Waals surface area contributed by atoms with E-state index in [4.69, 9.17) is 11.6 Å². The van der Waals surface area contributed by atoms with Crippen LogP contribution in [0.1, 0.15) is 43.1 Å². The minimum atomic E-state index is 0.226. The Labute approximate surface area is 118 Å². The number of aromatic nitrogens is 2. The van der Waals surface area contributed by atoms with Crippen molar-refractivity contribution < 1.29 is 4.79 Å². The summed E-state index contributed by atoms with van der Waals surface area (Å²) in [6.45, 7) is 4.18. The van der Waals surface area contributed by atoms with Crippen molar-refractivity contribution in [2.75, 3.05) is 0 Å². The van der Waals surface area contributed by atoms with Gasteiger partial charge >= 0.3 is 0 Å². The number of benzene rings is 1. The van der Waals surface area contributed by atoms with Crippen LogP contribution in [0.25, 0.3) is 11.3 Å². The lowest BCUT2D eigenvalue weighted by molar-refractivity contribution is 0.112. The molecule has 1 aromatic heterocycles. The van der Waals surface area contributed by atoms with E-state index in [9.17, 15) is 4.79 Å². The van der Waals surface area contributed by atoms with Crippen LogP contribution in [-0.4, -0.2) is 16.1 Å². The lowest BCUT2D eigenvalue weighted by Gasteiger charge is -2.13. The van der Waals surface area contributed by atoms with Crippen LogP contribution < -0.4 is 0 Å². The van der Waals surface area contributed by atoms with Crippen LogP contribution in [-0.2, 0) is 0 Å². The van der Waals surface area contributed by atoms with Gasteiger partial charge in [0.2, 0.25) is 0 Å². The Morgan fingerprint density at radius 1 is 1.26 bits per heavy atom. The molecule has 2 aromatic rings. The molecule has 0 aliphatic heterocycles. The fraction of sp³-hybridized carbons (Fsp3) is 0.333. The quantitative estimate of drug-likeness (QED) is 0.760. The van der Waals surface area contributed by atoms with Crippen LogP contribution in [0.15, 0.2) is 30.3 Å². The highest BCUT2D eigenvalue weighted by atomic mass is 35.5. The van der Waals surface area contributed by atoms with Crippen molar-refractivity contribution in [1.29, 1.82) is 0 Å². The topological polar surface area (TPSA) is 34.9 Å². The summed E-state index contributed by atoms with van der Waals surface area (Å²) in [6.07, 6.45) is 2.66. The van der Waals surface area contributed by atoms with Crippen LogP contribution in [0.4, 0.5) is 0 Å². The van der Waals surface area contributed by atoms with E-state index in [0.29, 0.717) is 16.4 Å². The number of hydrogen-bond acceptors (Lipinski definition) is 2. The van der Waals surface area contributed by atoms with Gasteiger partial charge in [0.1, 0.15) is 10.8 Å². The van der Waals surface area contributed by atoms with Gasteiger partial charge in [-0.1, -0.05) is 55.8 Å². The first kappa shape index (κ1) is 13.8. The van der Waals surface area contributed by atoms with Gasteiger partial charge in [0.25, 0.3) is 0 Å². The van der Waals surface area contributed by atoms with E-state index >= 15 is 0 Å². The summed E-state index contributed by atoms with van der Waals surface area (Å²) >= 11 is 6.30. The highest BCUT2D eigenvalue weighted by molar-refractivity contribution is 6.32. The zero-order chi connectivity index (χ0) is 13.8. The monoisotopic (exact) mass is 276 g/mol. The largest absolute Gasteiger partial charge is 0.298 e. The van der Waals surface area contributed by atoms with E-state index in [-0.39, 0.29) is 6.04 Å².